The van der Waals surface area contributed by atoms with Crippen LogP contribution in [0.2, 0.25) is 0 Å². The Labute approximate surface area is 105 Å². The van der Waals surface area contributed by atoms with Gasteiger partial charge in [-0.25, -0.2) is 0 Å². The Kier molecular flexibility index (Phi) is 3.08. The van der Waals surface area contributed by atoms with Crippen LogP contribution in [0.4, 0.5) is 0 Å². The summed E-state index contributed by atoms with van der Waals surface area (Å²) in [5, 5.41) is 21.3. The summed E-state index contributed by atoms with van der Waals surface area (Å²) in [7, 11) is -1.43. The van der Waals surface area contributed by atoms with Gasteiger partial charge in [0, 0.05) is 18.6 Å². The Morgan fingerprint density at radius 3 is 2.79 bits per heavy atom. The van der Waals surface area contributed by atoms with Crippen LogP contribution in [0.25, 0.3) is 10.1 Å². The van der Waals surface area contributed by atoms with Gasteiger partial charge in [-0.3, -0.25) is 0 Å². The molecule has 2 N–H and O–H groups in total. The number of hydrogen-bond acceptors (Lipinski definition) is 4. The first-order valence-electron chi connectivity index (χ1n) is 3.86. The van der Waals surface area contributed by atoms with E-state index in [0.29, 0.717) is 5.46 Å². The summed E-state index contributed by atoms with van der Waals surface area (Å²) in [6, 6.07) is 3.67. The van der Waals surface area contributed by atoms with E-state index in [-0.39, 0.29) is 0 Å². The van der Waals surface area contributed by atoms with Crippen LogP contribution in [0.1, 0.15) is 0 Å². The maximum Gasteiger partial charge on any atom is 0.489 e. The molecule has 0 aliphatic carbocycles. The molecule has 14 heavy (non-hydrogen) atoms. The van der Waals surface area contributed by atoms with Gasteiger partial charge in [0.2, 0.25) is 0 Å². The quantitative estimate of drug-likeness (QED) is 0.419. The molecule has 1 aromatic carbocycles. The van der Waals surface area contributed by atoms with Gasteiger partial charge in [-0.2, -0.15) is 0 Å². The highest BCUT2D eigenvalue weighted by atomic mass is 127. The number of halogens is 1. The second-order valence-corrected chi connectivity index (χ2v) is 5.31. The first-order chi connectivity index (χ1) is 6.61. The molecule has 0 amide bonds. The number of rotatable bonds is 1. The molecule has 1 heterocycles. The molecular formula is C8H6BIO2S2. The Morgan fingerprint density at radius 1 is 1.43 bits per heavy atom. The molecule has 0 unspecified atom stereocenters. The van der Waals surface area contributed by atoms with Crippen molar-refractivity contribution in [1.82, 2.24) is 0 Å². The average molecular weight is 336 g/mol. The lowest BCUT2D eigenvalue weighted by atomic mass is 9.80. The molecule has 0 bridgehead atoms. The lowest BCUT2D eigenvalue weighted by Gasteiger charge is -2.06. The maximum atomic E-state index is 9.15. The number of fused-ring (bicyclic) bond motifs is 1. The van der Waals surface area contributed by atoms with Gasteiger partial charge in [0.25, 0.3) is 0 Å². The van der Waals surface area contributed by atoms with Crippen molar-refractivity contribution in [3.05, 3.63) is 21.1 Å². The largest absolute Gasteiger partial charge is 0.489 e. The normalized spacial score (nSPS) is 10.9. The molecule has 0 saturated heterocycles. The van der Waals surface area contributed by atoms with Gasteiger partial charge in [0.15, 0.2) is 0 Å². The highest BCUT2D eigenvalue weighted by molar-refractivity contribution is 14.1. The minimum absolute atomic E-state index is 0.515. The summed E-state index contributed by atoms with van der Waals surface area (Å²) in [5.41, 5.74) is 0.515. The van der Waals surface area contributed by atoms with Gasteiger partial charge in [-0.15, -0.1) is 24.0 Å². The second kappa shape index (κ2) is 4.01. The fourth-order valence-corrected chi connectivity index (χ4v) is 3.60. The van der Waals surface area contributed by atoms with Crippen LogP contribution in [0.3, 0.4) is 0 Å². The highest BCUT2D eigenvalue weighted by Gasteiger charge is 2.18. The molecule has 0 aliphatic heterocycles. The highest BCUT2D eigenvalue weighted by Crippen LogP contribution is 2.30. The van der Waals surface area contributed by atoms with Gasteiger partial charge in [-0.1, -0.05) is 0 Å². The summed E-state index contributed by atoms with van der Waals surface area (Å²) in [5.74, 6) is 0. The van der Waals surface area contributed by atoms with Crippen molar-refractivity contribution in [2.45, 2.75) is 4.90 Å². The van der Waals surface area contributed by atoms with E-state index >= 15 is 0 Å². The minimum Gasteiger partial charge on any atom is -0.423 e. The number of thiophene rings is 1. The van der Waals surface area contributed by atoms with Gasteiger partial charge >= 0.3 is 7.12 Å². The summed E-state index contributed by atoms with van der Waals surface area (Å²) in [6.07, 6.45) is 0. The molecule has 2 nitrogen and oxygen atoms in total. The van der Waals surface area contributed by atoms with Crippen LogP contribution in [0.15, 0.2) is 22.4 Å². The lowest BCUT2D eigenvalue weighted by molar-refractivity contribution is 0.425. The van der Waals surface area contributed by atoms with Crippen molar-refractivity contribution in [3.63, 3.8) is 0 Å². The van der Waals surface area contributed by atoms with Crippen LogP contribution < -0.4 is 5.46 Å². The summed E-state index contributed by atoms with van der Waals surface area (Å²) in [6.45, 7) is 0. The third-order valence-corrected chi connectivity index (χ3v) is 4.61. The zero-order valence-electron chi connectivity index (χ0n) is 6.94. The zero-order chi connectivity index (χ0) is 10.3. The molecule has 0 aliphatic rings. The zero-order valence-corrected chi connectivity index (χ0v) is 10.8. The Morgan fingerprint density at radius 2 is 2.14 bits per heavy atom. The molecule has 2 aromatic rings. The topological polar surface area (TPSA) is 40.5 Å². The Balaban J connectivity index is 2.82. The molecule has 0 fully saturated rings. The smallest absolute Gasteiger partial charge is 0.423 e. The van der Waals surface area contributed by atoms with Gasteiger partial charge in [-0.05, 0) is 45.6 Å². The third-order valence-electron chi connectivity index (χ3n) is 1.96. The van der Waals surface area contributed by atoms with E-state index in [1.807, 2.05) is 11.4 Å². The van der Waals surface area contributed by atoms with Gasteiger partial charge < -0.3 is 10.0 Å². The van der Waals surface area contributed by atoms with E-state index in [9.17, 15) is 0 Å². The molecule has 0 spiro atoms. The summed E-state index contributed by atoms with van der Waals surface area (Å²) < 4.78 is 1.97. The van der Waals surface area contributed by atoms with Crippen LogP contribution >= 0.6 is 46.6 Å². The SMILES string of the molecule is OB(O)c1cc(S)c2sccc2c1I. The monoisotopic (exact) mass is 336 g/mol. The first-order valence-corrected chi connectivity index (χ1v) is 6.26. The Hall–Kier alpha value is 0.245. The number of thiol groups is 1. The molecule has 2 rings (SSSR count). The average Bonchev–Trinajstić information content (AvgIpc) is 2.59. The molecule has 0 saturated carbocycles. The van der Waals surface area contributed by atoms with Crippen LogP contribution in [-0.2, 0) is 0 Å². The second-order valence-electron chi connectivity index (χ2n) is 2.84. The van der Waals surface area contributed by atoms with E-state index < -0.39 is 7.12 Å². The van der Waals surface area contributed by atoms with E-state index in [4.69, 9.17) is 10.0 Å². The van der Waals surface area contributed by atoms with Crippen LogP contribution in [-0.4, -0.2) is 17.2 Å². The maximum absolute atomic E-state index is 9.15. The molecule has 0 radical (unpaired) electrons. The van der Waals surface area contributed by atoms with E-state index in [0.717, 1.165) is 18.6 Å². The van der Waals surface area contributed by atoms with Crippen LogP contribution in [0, 0.1) is 3.57 Å². The first kappa shape index (κ1) is 10.8. The molecule has 1 aromatic heterocycles. The van der Waals surface area contributed by atoms with Crippen molar-refractivity contribution in [1.29, 1.82) is 0 Å². The molecular weight excluding hydrogens is 330 g/mol. The van der Waals surface area contributed by atoms with Crippen molar-refractivity contribution in [2.24, 2.45) is 0 Å². The van der Waals surface area contributed by atoms with Crippen molar-refractivity contribution < 1.29 is 10.0 Å². The van der Waals surface area contributed by atoms with Crippen molar-refractivity contribution in [3.8, 4) is 0 Å². The van der Waals surface area contributed by atoms with E-state index in [1.54, 1.807) is 17.4 Å². The molecule has 6 heteroatoms. The number of benzene rings is 1. The number of hydrogen-bond donors (Lipinski definition) is 3. The fraction of sp³-hybridized carbons (Fsp3) is 0. The predicted octanol–water partition coefficient (Wildman–Crippen LogP) is 1.47. The van der Waals surface area contributed by atoms with E-state index in [1.165, 1.54) is 0 Å². The fourth-order valence-electron chi connectivity index (χ4n) is 1.30. The predicted molar refractivity (Wildman–Crippen MR) is 71.6 cm³/mol. The van der Waals surface area contributed by atoms with Gasteiger partial charge in [0.1, 0.15) is 0 Å². The molecule has 0 atom stereocenters. The standard InChI is InChI=1S/C8H6BIO2S2/c10-7-4-1-2-14-8(4)6(13)3-5(7)9(11)12/h1-3,11-13H. The van der Waals surface area contributed by atoms with E-state index in [2.05, 4.69) is 35.2 Å². The lowest BCUT2D eigenvalue weighted by Crippen LogP contribution is -2.32. The van der Waals surface area contributed by atoms with Crippen molar-refractivity contribution in [2.75, 3.05) is 0 Å². The Bertz CT molecular complexity index is 483. The van der Waals surface area contributed by atoms with Gasteiger partial charge in [0.05, 0.1) is 0 Å². The van der Waals surface area contributed by atoms with Crippen LogP contribution in [0.5, 0.6) is 0 Å². The summed E-state index contributed by atoms with van der Waals surface area (Å²) >= 11 is 8.04. The third kappa shape index (κ3) is 1.69. The molecule has 72 valence electrons. The summed E-state index contributed by atoms with van der Waals surface area (Å²) in [4.78, 5) is 0.790. The minimum atomic E-state index is -1.43. The van der Waals surface area contributed by atoms with Crippen molar-refractivity contribution >= 4 is 69.2 Å².